The van der Waals surface area contributed by atoms with E-state index in [9.17, 15) is 13.2 Å². The Morgan fingerprint density at radius 1 is 1.19 bits per heavy atom. The van der Waals surface area contributed by atoms with E-state index in [-0.39, 0.29) is 27.4 Å². The molecule has 1 aromatic rings. The minimum absolute atomic E-state index is 0.0350. The molecule has 6 heteroatoms. The summed E-state index contributed by atoms with van der Waals surface area (Å²) in [5.74, 6) is 0. The van der Waals surface area contributed by atoms with Gasteiger partial charge >= 0.3 is 6.18 Å². The van der Waals surface area contributed by atoms with Crippen LogP contribution in [0.3, 0.4) is 0 Å². The third-order valence-corrected chi connectivity index (χ3v) is 5.14. The Balaban J connectivity index is 2.34. The summed E-state index contributed by atoms with van der Waals surface area (Å²) in [5, 5.41) is 3.19. The molecule has 0 bridgehead atoms. The van der Waals surface area contributed by atoms with Crippen LogP contribution in [0.5, 0.6) is 0 Å². The highest BCUT2D eigenvalue weighted by atomic mass is 32.1. The normalized spacial score (nSPS) is 20.1. The van der Waals surface area contributed by atoms with Gasteiger partial charge in [-0.05, 0) is 29.0 Å². The van der Waals surface area contributed by atoms with E-state index >= 15 is 0 Å². The first-order chi connectivity index (χ1) is 9.39. The van der Waals surface area contributed by atoms with Crippen molar-refractivity contribution < 1.29 is 13.2 Å². The van der Waals surface area contributed by atoms with Crippen LogP contribution in [0.15, 0.2) is 18.2 Å². The number of benzene rings is 1. The first-order valence-electron chi connectivity index (χ1n) is 6.66. The topological polar surface area (TPSA) is 38.0 Å². The van der Waals surface area contributed by atoms with Gasteiger partial charge in [0.15, 0.2) is 0 Å². The third-order valence-electron chi connectivity index (χ3n) is 4.92. The Hall–Kier alpha value is -1.30. The molecule has 1 aliphatic carbocycles. The Bertz CT molecular complexity index is 577. The van der Waals surface area contributed by atoms with Crippen LogP contribution in [-0.4, -0.2) is 11.0 Å². The Labute approximate surface area is 127 Å². The van der Waals surface area contributed by atoms with Gasteiger partial charge in [-0.15, -0.1) is 0 Å². The molecule has 2 rings (SSSR count). The van der Waals surface area contributed by atoms with Crippen molar-refractivity contribution in [2.75, 3.05) is 5.32 Å². The van der Waals surface area contributed by atoms with Gasteiger partial charge in [0.2, 0.25) is 0 Å². The second-order valence-corrected chi connectivity index (χ2v) is 7.08. The summed E-state index contributed by atoms with van der Waals surface area (Å²) in [4.78, 5) is -0.249. The first-order valence-corrected chi connectivity index (χ1v) is 7.07. The molecule has 21 heavy (non-hydrogen) atoms. The van der Waals surface area contributed by atoms with Gasteiger partial charge in [-0.2, -0.15) is 13.2 Å². The smallest absolute Gasteiger partial charge is 0.389 e. The molecular weight excluding hydrogens is 297 g/mol. The van der Waals surface area contributed by atoms with Crippen molar-refractivity contribution in [1.29, 1.82) is 0 Å². The van der Waals surface area contributed by atoms with Crippen LogP contribution >= 0.6 is 12.2 Å². The number of thiocarbonyl (C=S) groups is 1. The third kappa shape index (κ3) is 2.61. The average molecular weight is 316 g/mol. The molecule has 1 saturated carbocycles. The Kier molecular flexibility index (Phi) is 3.52. The van der Waals surface area contributed by atoms with Crippen LogP contribution in [0.4, 0.5) is 18.9 Å². The van der Waals surface area contributed by atoms with Crippen LogP contribution in [0.2, 0.25) is 0 Å². The molecule has 1 aromatic carbocycles. The highest BCUT2D eigenvalue weighted by Gasteiger charge is 2.64. The maximum Gasteiger partial charge on any atom is 0.417 e. The molecular formula is C15H19F3N2S. The van der Waals surface area contributed by atoms with E-state index in [1.807, 2.05) is 0 Å². The molecule has 0 unspecified atom stereocenters. The van der Waals surface area contributed by atoms with Crippen molar-refractivity contribution in [1.82, 2.24) is 0 Å². The van der Waals surface area contributed by atoms with Crippen molar-refractivity contribution in [2.24, 2.45) is 16.6 Å². The molecule has 0 atom stereocenters. The van der Waals surface area contributed by atoms with Crippen molar-refractivity contribution in [3.63, 3.8) is 0 Å². The van der Waals surface area contributed by atoms with Crippen LogP contribution < -0.4 is 11.1 Å². The van der Waals surface area contributed by atoms with Gasteiger partial charge in [-0.1, -0.05) is 39.9 Å². The van der Waals surface area contributed by atoms with Crippen LogP contribution in [0.25, 0.3) is 0 Å². The zero-order chi connectivity index (χ0) is 16.2. The van der Waals surface area contributed by atoms with E-state index in [0.717, 1.165) is 6.07 Å². The van der Waals surface area contributed by atoms with Crippen molar-refractivity contribution >= 4 is 22.9 Å². The summed E-state index contributed by atoms with van der Waals surface area (Å²) < 4.78 is 39.3. The predicted molar refractivity (Wildman–Crippen MR) is 82.3 cm³/mol. The highest BCUT2D eigenvalue weighted by Crippen LogP contribution is 2.63. The lowest BCUT2D eigenvalue weighted by Crippen LogP contribution is -2.19. The maximum absolute atomic E-state index is 13.1. The fraction of sp³-hybridized carbons (Fsp3) is 0.533. The van der Waals surface area contributed by atoms with Gasteiger partial charge in [-0.25, -0.2) is 0 Å². The number of hydrogen-bond acceptors (Lipinski definition) is 2. The first kappa shape index (κ1) is 16.1. The van der Waals surface area contributed by atoms with Gasteiger partial charge in [0, 0.05) is 17.3 Å². The monoisotopic (exact) mass is 316 g/mol. The SMILES string of the molecule is CC1(C)C(Nc2ccc(C(N)=S)c(C(F)(F)F)c2)C1(C)C. The van der Waals surface area contributed by atoms with E-state index in [1.54, 1.807) is 6.07 Å². The molecule has 3 N–H and O–H groups in total. The standard InChI is InChI=1S/C15H19F3N2S/c1-13(2)12(14(13,3)4)20-8-5-6-9(11(19)21)10(7-8)15(16,17)18/h5-7,12,20H,1-4H3,(H2,19,21). The molecule has 0 amide bonds. The fourth-order valence-electron chi connectivity index (χ4n) is 2.81. The molecule has 1 aliphatic rings. The van der Waals surface area contributed by atoms with Crippen molar-refractivity contribution in [2.45, 2.75) is 39.9 Å². The lowest BCUT2D eigenvalue weighted by Gasteiger charge is -2.15. The zero-order valence-electron chi connectivity index (χ0n) is 12.4. The van der Waals surface area contributed by atoms with Crippen LogP contribution in [0.1, 0.15) is 38.8 Å². The molecule has 2 nitrogen and oxygen atoms in total. The number of halogens is 3. The number of nitrogens with one attached hydrogen (secondary N) is 1. The van der Waals surface area contributed by atoms with Crippen molar-refractivity contribution in [3.05, 3.63) is 29.3 Å². The lowest BCUT2D eigenvalue weighted by molar-refractivity contribution is -0.137. The van der Waals surface area contributed by atoms with E-state index in [4.69, 9.17) is 18.0 Å². The average Bonchev–Trinajstić information content (AvgIpc) is 2.70. The minimum atomic E-state index is -4.48. The molecule has 0 radical (unpaired) electrons. The summed E-state index contributed by atoms with van der Waals surface area (Å²) in [5.41, 5.74) is 4.94. The van der Waals surface area contributed by atoms with Crippen LogP contribution in [0, 0.1) is 10.8 Å². The Morgan fingerprint density at radius 2 is 1.71 bits per heavy atom. The predicted octanol–water partition coefficient (Wildman–Crippen LogP) is 4.19. The molecule has 1 fully saturated rings. The molecule has 0 heterocycles. The summed E-state index contributed by atoms with van der Waals surface area (Å²) in [6, 6.07) is 4.13. The molecule has 116 valence electrons. The maximum atomic E-state index is 13.1. The van der Waals surface area contributed by atoms with Gasteiger partial charge < -0.3 is 11.1 Å². The number of nitrogens with two attached hydrogens (primary N) is 1. The van der Waals surface area contributed by atoms with E-state index < -0.39 is 11.7 Å². The summed E-state index contributed by atoms with van der Waals surface area (Å²) in [6.07, 6.45) is -4.48. The van der Waals surface area contributed by atoms with Crippen molar-refractivity contribution in [3.8, 4) is 0 Å². The quantitative estimate of drug-likeness (QED) is 0.821. The van der Waals surface area contributed by atoms with Gasteiger partial charge in [-0.3, -0.25) is 0 Å². The second kappa shape index (κ2) is 4.60. The molecule has 0 saturated heterocycles. The van der Waals surface area contributed by atoms with E-state index in [1.165, 1.54) is 6.07 Å². The summed E-state index contributed by atoms with van der Waals surface area (Å²) in [7, 11) is 0. The fourth-order valence-corrected chi connectivity index (χ4v) is 2.99. The minimum Gasteiger partial charge on any atom is -0.389 e. The number of rotatable bonds is 3. The number of anilines is 1. The van der Waals surface area contributed by atoms with Gasteiger partial charge in [0.1, 0.15) is 4.99 Å². The molecule has 0 aliphatic heterocycles. The zero-order valence-corrected chi connectivity index (χ0v) is 13.2. The molecule has 0 spiro atoms. The van der Waals surface area contributed by atoms with Crippen LogP contribution in [-0.2, 0) is 6.18 Å². The second-order valence-electron chi connectivity index (χ2n) is 6.64. The molecule has 0 aromatic heterocycles. The van der Waals surface area contributed by atoms with E-state index in [2.05, 4.69) is 33.0 Å². The summed E-state index contributed by atoms with van der Waals surface area (Å²) >= 11 is 4.69. The largest absolute Gasteiger partial charge is 0.417 e. The van der Waals surface area contributed by atoms with E-state index in [0.29, 0.717) is 5.69 Å². The number of alkyl halides is 3. The number of hydrogen-bond donors (Lipinski definition) is 2. The summed E-state index contributed by atoms with van der Waals surface area (Å²) in [6.45, 7) is 8.38. The van der Waals surface area contributed by atoms with Gasteiger partial charge in [0.25, 0.3) is 0 Å². The highest BCUT2D eigenvalue weighted by molar-refractivity contribution is 7.80. The Morgan fingerprint density at radius 3 is 2.10 bits per heavy atom. The lowest BCUT2D eigenvalue weighted by atomic mass is 10.0. The van der Waals surface area contributed by atoms with Gasteiger partial charge in [0.05, 0.1) is 5.56 Å².